The predicted octanol–water partition coefficient (Wildman–Crippen LogP) is 6.90. The molecule has 12 heteroatoms. The largest absolute Gasteiger partial charge is 0.508 e. The van der Waals surface area contributed by atoms with Crippen LogP contribution in [-0.2, 0) is 27.2 Å². The quantitative estimate of drug-likeness (QED) is 0.0752. The molecule has 0 spiro atoms. The number of fused-ring (bicyclic) bond motifs is 1. The van der Waals surface area contributed by atoms with Crippen LogP contribution in [0, 0.1) is 5.92 Å². The number of nitrogens with one attached hydrogen (secondary N) is 3. The summed E-state index contributed by atoms with van der Waals surface area (Å²) in [6, 6.07) is 19.9. The van der Waals surface area contributed by atoms with Gasteiger partial charge in [0, 0.05) is 32.7 Å². The van der Waals surface area contributed by atoms with Gasteiger partial charge in [-0.3, -0.25) is 14.4 Å². The van der Waals surface area contributed by atoms with Crippen molar-refractivity contribution in [3.63, 3.8) is 0 Å². The minimum absolute atomic E-state index is 0.0152. The first-order valence-electron chi connectivity index (χ1n) is 15.6. The Morgan fingerprint density at radius 2 is 1.78 bits per heavy atom. The van der Waals surface area contributed by atoms with Crippen LogP contribution < -0.4 is 20.7 Å². The van der Waals surface area contributed by atoms with E-state index in [4.69, 9.17) is 9.47 Å². The Balaban J connectivity index is 1.32. The predicted molar refractivity (Wildman–Crippen MR) is 192 cm³/mol. The molecule has 3 amide bonds. The summed E-state index contributed by atoms with van der Waals surface area (Å²) >= 11 is 2.73. The van der Waals surface area contributed by atoms with E-state index in [1.54, 1.807) is 61.5 Å². The molecule has 0 aliphatic heterocycles. The number of phenols is 1. The van der Waals surface area contributed by atoms with Crippen LogP contribution in [0.25, 0.3) is 6.08 Å². The number of methoxy groups -OCH3 is 2. The molecule has 0 bridgehead atoms. The molecule has 10 nitrogen and oxygen atoms in total. The molecule has 254 valence electrons. The van der Waals surface area contributed by atoms with Crippen molar-refractivity contribution in [3.8, 4) is 11.5 Å². The molecule has 0 radical (unpaired) electrons. The molecule has 2 atom stereocenters. The van der Waals surface area contributed by atoms with Gasteiger partial charge in [-0.05, 0) is 86.2 Å². The fourth-order valence-electron chi connectivity index (χ4n) is 5.39. The molecular formula is C37H37N3O7S2. The van der Waals surface area contributed by atoms with E-state index in [1.807, 2.05) is 6.07 Å². The summed E-state index contributed by atoms with van der Waals surface area (Å²) in [7, 11) is 2.78. The minimum atomic E-state index is -0.598. The second kappa shape index (κ2) is 15.9. The smallest absolute Gasteiger partial charge is 0.341 e. The normalized spacial score (nSPS) is 14.6. The Morgan fingerprint density at radius 3 is 2.51 bits per heavy atom. The topological polar surface area (TPSA) is 143 Å². The van der Waals surface area contributed by atoms with Gasteiger partial charge in [-0.1, -0.05) is 31.2 Å². The van der Waals surface area contributed by atoms with Crippen LogP contribution >= 0.6 is 23.1 Å². The molecule has 2 unspecified atom stereocenters. The third kappa shape index (κ3) is 8.70. The summed E-state index contributed by atoms with van der Waals surface area (Å²) in [6.45, 7) is 3.95. The van der Waals surface area contributed by atoms with Crippen molar-refractivity contribution >= 4 is 63.6 Å². The van der Waals surface area contributed by atoms with Crippen LogP contribution in [-0.4, -0.2) is 48.3 Å². The first kappa shape index (κ1) is 35.2. The molecule has 1 aromatic heterocycles. The van der Waals surface area contributed by atoms with E-state index < -0.39 is 23.0 Å². The van der Waals surface area contributed by atoms with E-state index in [0.29, 0.717) is 43.9 Å². The Bertz CT molecular complexity index is 1910. The molecular weight excluding hydrogens is 663 g/mol. The van der Waals surface area contributed by atoms with Gasteiger partial charge in [0.1, 0.15) is 22.2 Å². The number of ether oxygens (including phenoxy) is 2. The number of hydrogen-bond donors (Lipinski definition) is 4. The molecule has 3 aromatic carbocycles. The number of aromatic hydroxyl groups is 1. The van der Waals surface area contributed by atoms with E-state index in [-0.39, 0.29) is 17.4 Å². The zero-order chi connectivity index (χ0) is 35.1. The number of amides is 3. The molecule has 4 N–H and O–H groups in total. The lowest BCUT2D eigenvalue weighted by atomic mass is 9.88. The standard InChI is InChI=1S/C37H37N3O7S2/c1-21-13-16-28-31(17-21)49-36(32(28)37(45)47-4)40-33(42)22(2)48-27-12-8-11-25(19-27)38-35(44)29(39-34(43)23-9-6-5-7-10-23)18-24-14-15-26(41)20-30(24)46-3/h5-12,14-15,18-22,41H,13,16-17H2,1-4H3,(H,38,44)(H,39,43)(H,40,42)/b29-18+. The number of thiophene rings is 1. The van der Waals surface area contributed by atoms with Crippen molar-refractivity contribution in [2.75, 3.05) is 24.9 Å². The highest BCUT2D eigenvalue weighted by atomic mass is 32.2. The average Bonchev–Trinajstić information content (AvgIpc) is 3.45. The number of benzene rings is 3. The maximum Gasteiger partial charge on any atom is 0.341 e. The Hall–Kier alpha value is -5.07. The van der Waals surface area contributed by atoms with Crippen LogP contribution in [0.15, 0.2) is 83.4 Å². The molecule has 1 heterocycles. The van der Waals surface area contributed by atoms with E-state index in [9.17, 15) is 24.3 Å². The maximum absolute atomic E-state index is 13.6. The summed E-state index contributed by atoms with van der Waals surface area (Å²) in [6.07, 6.45) is 4.07. The average molecular weight is 700 g/mol. The molecule has 49 heavy (non-hydrogen) atoms. The van der Waals surface area contributed by atoms with Crippen molar-refractivity contribution in [1.82, 2.24) is 5.32 Å². The van der Waals surface area contributed by atoms with Crippen molar-refractivity contribution < 1.29 is 33.8 Å². The zero-order valence-electron chi connectivity index (χ0n) is 27.5. The van der Waals surface area contributed by atoms with Gasteiger partial charge in [-0.25, -0.2) is 4.79 Å². The SMILES string of the molecule is COC(=O)c1c(NC(=O)C(C)Sc2cccc(NC(=O)/C(=C\c3ccc(O)cc3OC)NC(=O)c3ccccc3)c2)sc2c1CCC(C)C2. The van der Waals surface area contributed by atoms with Crippen molar-refractivity contribution in [2.45, 2.75) is 43.3 Å². The van der Waals surface area contributed by atoms with Gasteiger partial charge in [0.05, 0.1) is 25.0 Å². The highest BCUT2D eigenvalue weighted by molar-refractivity contribution is 8.00. The van der Waals surface area contributed by atoms with Gasteiger partial charge < -0.3 is 30.5 Å². The first-order valence-corrected chi connectivity index (χ1v) is 17.3. The van der Waals surface area contributed by atoms with Crippen LogP contribution in [0.3, 0.4) is 0 Å². The summed E-state index contributed by atoms with van der Waals surface area (Å²) in [5.74, 6) is -1.01. The highest BCUT2D eigenvalue weighted by Crippen LogP contribution is 2.40. The van der Waals surface area contributed by atoms with Gasteiger partial charge in [0.25, 0.3) is 11.8 Å². The molecule has 0 saturated heterocycles. The van der Waals surface area contributed by atoms with Crippen molar-refractivity contribution in [3.05, 3.63) is 106 Å². The number of anilines is 2. The lowest BCUT2D eigenvalue weighted by molar-refractivity contribution is -0.115. The van der Waals surface area contributed by atoms with Crippen LogP contribution in [0.1, 0.15) is 57.0 Å². The second-order valence-corrected chi connectivity index (χ2v) is 14.1. The summed E-state index contributed by atoms with van der Waals surface area (Å²) in [5, 5.41) is 18.3. The molecule has 0 fully saturated rings. The highest BCUT2D eigenvalue weighted by Gasteiger charge is 2.30. The number of esters is 1. The number of hydrogen-bond acceptors (Lipinski definition) is 9. The molecule has 1 aliphatic rings. The number of phenolic OH excluding ortho intramolecular Hbond substituents is 1. The summed E-state index contributed by atoms with van der Waals surface area (Å²) in [5.41, 5.74) is 2.61. The Labute approximate surface area is 292 Å². The Morgan fingerprint density at radius 1 is 1.00 bits per heavy atom. The Kier molecular flexibility index (Phi) is 11.4. The van der Waals surface area contributed by atoms with Crippen molar-refractivity contribution in [1.29, 1.82) is 0 Å². The van der Waals surface area contributed by atoms with Gasteiger partial charge in [0.15, 0.2) is 0 Å². The van der Waals surface area contributed by atoms with Crippen LogP contribution in [0.2, 0.25) is 0 Å². The van der Waals surface area contributed by atoms with E-state index in [0.717, 1.165) is 29.7 Å². The number of thioether (sulfide) groups is 1. The van der Waals surface area contributed by atoms with Crippen LogP contribution in [0.4, 0.5) is 10.7 Å². The number of rotatable bonds is 11. The van der Waals surface area contributed by atoms with Crippen molar-refractivity contribution in [2.24, 2.45) is 5.92 Å². The third-order valence-electron chi connectivity index (χ3n) is 7.96. The summed E-state index contributed by atoms with van der Waals surface area (Å²) in [4.78, 5) is 54.5. The molecule has 5 rings (SSSR count). The van der Waals surface area contributed by atoms with E-state index in [2.05, 4.69) is 22.9 Å². The van der Waals surface area contributed by atoms with Gasteiger partial charge >= 0.3 is 5.97 Å². The lowest BCUT2D eigenvalue weighted by Gasteiger charge is -2.18. The monoisotopic (exact) mass is 699 g/mol. The number of carbonyl (C=O) groups is 4. The zero-order valence-corrected chi connectivity index (χ0v) is 29.1. The lowest BCUT2D eigenvalue weighted by Crippen LogP contribution is -2.30. The van der Waals surface area contributed by atoms with E-state index >= 15 is 0 Å². The van der Waals surface area contributed by atoms with Gasteiger partial charge in [-0.2, -0.15) is 0 Å². The van der Waals surface area contributed by atoms with Crippen LogP contribution in [0.5, 0.6) is 11.5 Å². The fourth-order valence-corrected chi connectivity index (χ4v) is 7.72. The summed E-state index contributed by atoms with van der Waals surface area (Å²) < 4.78 is 10.4. The van der Waals surface area contributed by atoms with E-state index in [1.165, 1.54) is 55.5 Å². The third-order valence-corrected chi connectivity index (χ3v) is 10.2. The second-order valence-electron chi connectivity index (χ2n) is 11.6. The fraction of sp³-hybridized carbons (Fsp3) is 0.243. The number of carbonyl (C=O) groups excluding carboxylic acids is 4. The molecule has 1 aliphatic carbocycles. The van der Waals surface area contributed by atoms with Gasteiger partial charge in [0.2, 0.25) is 5.91 Å². The first-order chi connectivity index (χ1) is 23.6. The van der Waals surface area contributed by atoms with Gasteiger partial charge in [-0.15, -0.1) is 23.1 Å². The molecule has 0 saturated carbocycles. The minimum Gasteiger partial charge on any atom is -0.508 e. The maximum atomic E-state index is 13.6. The molecule has 4 aromatic rings.